The van der Waals surface area contributed by atoms with Crippen molar-refractivity contribution in [3.63, 3.8) is 0 Å². The Kier molecular flexibility index (Phi) is 5.11. The lowest BCUT2D eigenvalue weighted by Gasteiger charge is -2.15. The van der Waals surface area contributed by atoms with Crippen LogP contribution in [-0.4, -0.2) is 10.2 Å². The minimum atomic E-state index is -0.961. The number of nitrogens with one attached hydrogen (secondary N) is 2. The first-order chi connectivity index (χ1) is 12.2. The van der Waals surface area contributed by atoms with Crippen molar-refractivity contribution >= 4 is 63.5 Å². The molecular formula is C19H18Cl3N3O. The number of hydrogen-bond acceptors (Lipinski definition) is 3. The van der Waals surface area contributed by atoms with Gasteiger partial charge in [0.15, 0.2) is 0 Å². The van der Waals surface area contributed by atoms with Gasteiger partial charge in [0, 0.05) is 28.3 Å². The minimum Gasteiger partial charge on any atom is -0.399 e. The summed E-state index contributed by atoms with van der Waals surface area (Å²) in [6, 6.07) is 10.7. The van der Waals surface area contributed by atoms with Gasteiger partial charge in [-0.1, -0.05) is 18.2 Å². The molecule has 4 nitrogen and oxygen atoms in total. The van der Waals surface area contributed by atoms with E-state index >= 15 is 0 Å². The monoisotopic (exact) mass is 409 g/mol. The van der Waals surface area contributed by atoms with Gasteiger partial charge < -0.3 is 16.4 Å². The number of rotatable bonds is 5. The van der Waals surface area contributed by atoms with Crippen LogP contribution in [0.2, 0.25) is 5.02 Å². The van der Waals surface area contributed by atoms with Gasteiger partial charge in [0.25, 0.3) is 0 Å². The molecule has 0 aliphatic heterocycles. The molecule has 1 amide bonds. The molecule has 26 heavy (non-hydrogen) atoms. The van der Waals surface area contributed by atoms with Crippen molar-refractivity contribution in [2.45, 2.75) is 17.7 Å². The van der Waals surface area contributed by atoms with E-state index in [9.17, 15) is 4.79 Å². The number of anilines is 3. The van der Waals surface area contributed by atoms with E-state index in [0.29, 0.717) is 34.1 Å². The van der Waals surface area contributed by atoms with Crippen molar-refractivity contribution < 1.29 is 4.79 Å². The second kappa shape index (κ2) is 7.03. The summed E-state index contributed by atoms with van der Waals surface area (Å²) in [6.07, 6.45) is 0.451. The highest BCUT2D eigenvalue weighted by Gasteiger charge is 2.56. The lowest BCUT2D eigenvalue weighted by atomic mass is 10.1. The number of halogens is 3. The Morgan fingerprint density at radius 3 is 2.54 bits per heavy atom. The summed E-state index contributed by atoms with van der Waals surface area (Å²) in [7, 11) is 0. The van der Waals surface area contributed by atoms with E-state index in [0.717, 1.165) is 11.3 Å². The highest BCUT2D eigenvalue weighted by atomic mass is 35.5. The van der Waals surface area contributed by atoms with E-state index < -0.39 is 10.3 Å². The fourth-order valence-corrected chi connectivity index (χ4v) is 3.36. The zero-order valence-corrected chi connectivity index (χ0v) is 16.3. The summed E-state index contributed by atoms with van der Waals surface area (Å²) in [4.78, 5) is 12.2. The largest absolute Gasteiger partial charge is 0.399 e. The molecule has 3 rings (SSSR count). The fourth-order valence-electron chi connectivity index (χ4n) is 2.62. The molecule has 1 aliphatic rings. The maximum absolute atomic E-state index is 12.2. The van der Waals surface area contributed by atoms with E-state index in [1.165, 1.54) is 0 Å². The lowest BCUT2D eigenvalue weighted by molar-refractivity contribution is -0.117. The number of alkyl halides is 2. The Balaban J connectivity index is 1.76. The number of amides is 1. The molecule has 1 atom stereocenters. The van der Waals surface area contributed by atoms with Crippen LogP contribution in [0.4, 0.5) is 17.1 Å². The van der Waals surface area contributed by atoms with E-state index in [2.05, 4.69) is 17.2 Å². The molecule has 7 heteroatoms. The lowest BCUT2D eigenvalue weighted by Crippen LogP contribution is -2.17. The fraction of sp³-hybridized carbons (Fsp3) is 0.211. The first-order valence-corrected chi connectivity index (χ1v) is 9.11. The van der Waals surface area contributed by atoms with Crippen LogP contribution in [0.25, 0.3) is 5.70 Å². The van der Waals surface area contributed by atoms with Crippen LogP contribution in [0, 0.1) is 12.8 Å². The Labute approximate surface area is 167 Å². The summed E-state index contributed by atoms with van der Waals surface area (Å²) >= 11 is 18.2. The van der Waals surface area contributed by atoms with Gasteiger partial charge in [0.05, 0.1) is 10.9 Å². The van der Waals surface area contributed by atoms with E-state index in [4.69, 9.17) is 40.5 Å². The number of benzene rings is 2. The Morgan fingerprint density at radius 2 is 1.92 bits per heavy atom. The van der Waals surface area contributed by atoms with Crippen LogP contribution in [0.1, 0.15) is 17.5 Å². The van der Waals surface area contributed by atoms with Crippen molar-refractivity contribution in [2.75, 3.05) is 16.4 Å². The molecule has 0 radical (unpaired) electrons. The van der Waals surface area contributed by atoms with Crippen LogP contribution in [0.3, 0.4) is 0 Å². The third-order valence-corrected chi connectivity index (χ3v) is 5.40. The van der Waals surface area contributed by atoms with Gasteiger partial charge in [0.2, 0.25) is 5.91 Å². The number of nitrogen functional groups attached to an aromatic ring is 1. The summed E-state index contributed by atoms with van der Waals surface area (Å²) < 4.78 is -0.961. The smallest absolute Gasteiger partial charge is 0.230 e. The second-order valence-electron chi connectivity index (χ2n) is 6.38. The average molecular weight is 411 g/mol. The molecule has 0 aromatic heterocycles. The van der Waals surface area contributed by atoms with Gasteiger partial charge in [-0.25, -0.2) is 0 Å². The Hall–Kier alpha value is -1.88. The van der Waals surface area contributed by atoms with Crippen molar-refractivity contribution in [3.05, 3.63) is 59.1 Å². The zero-order valence-electron chi connectivity index (χ0n) is 14.1. The number of hydrogen-bond donors (Lipinski definition) is 3. The number of aryl methyl sites for hydroxylation is 1. The van der Waals surface area contributed by atoms with Crippen LogP contribution >= 0.6 is 34.8 Å². The molecule has 1 aliphatic carbocycles. The minimum absolute atomic E-state index is 0.212. The standard InChI is InChI=1S/C19H18Cl3N3O/c1-10-7-12(23)3-6-17(10)24-11(2)14-8-13(4-5-16(14)20)25-18(26)15-9-19(15,21)22/h3-8,15,24H,2,9,23H2,1H3,(H,25,26). The normalized spacial score (nSPS) is 17.5. The quantitative estimate of drug-likeness (QED) is 0.454. The molecule has 2 aromatic rings. The van der Waals surface area contributed by atoms with Crippen molar-refractivity contribution in [1.29, 1.82) is 0 Å². The molecule has 0 saturated heterocycles. The van der Waals surface area contributed by atoms with Crippen molar-refractivity contribution in [2.24, 2.45) is 5.92 Å². The highest BCUT2D eigenvalue weighted by molar-refractivity contribution is 6.52. The van der Waals surface area contributed by atoms with Gasteiger partial charge in [-0.2, -0.15) is 0 Å². The van der Waals surface area contributed by atoms with Gasteiger partial charge in [0.1, 0.15) is 4.33 Å². The molecule has 0 bridgehead atoms. The molecule has 1 saturated carbocycles. The number of nitrogens with two attached hydrogens (primary N) is 1. The topological polar surface area (TPSA) is 67.2 Å². The van der Waals surface area contributed by atoms with Crippen LogP contribution in [-0.2, 0) is 4.79 Å². The molecule has 1 fully saturated rings. The summed E-state index contributed by atoms with van der Waals surface area (Å²) in [5, 5.41) is 6.56. The van der Waals surface area contributed by atoms with E-state index in [1.54, 1.807) is 24.3 Å². The molecular weight excluding hydrogens is 393 g/mol. The van der Waals surface area contributed by atoms with E-state index in [-0.39, 0.29) is 5.91 Å². The van der Waals surface area contributed by atoms with Crippen molar-refractivity contribution in [3.8, 4) is 0 Å². The van der Waals surface area contributed by atoms with Crippen LogP contribution in [0.15, 0.2) is 43.0 Å². The Bertz CT molecular complexity index is 896. The van der Waals surface area contributed by atoms with Crippen LogP contribution in [0.5, 0.6) is 0 Å². The molecule has 0 heterocycles. The average Bonchev–Trinajstić information content (AvgIpc) is 3.20. The third kappa shape index (κ3) is 4.09. The molecule has 4 N–H and O–H groups in total. The highest BCUT2D eigenvalue weighted by Crippen LogP contribution is 2.53. The van der Waals surface area contributed by atoms with Gasteiger partial charge in [-0.3, -0.25) is 4.79 Å². The summed E-state index contributed by atoms with van der Waals surface area (Å²) in [5.41, 5.74) is 10.2. The van der Waals surface area contributed by atoms with Gasteiger partial charge >= 0.3 is 0 Å². The summed E-state index contributed by atoms with van der Waals surface area (Å²) in [5.74, 6) is -0.611. The van der Waals surface area contributed by atoms with Gasteiger partial charge in [-0.15, -0.1) is 23.2 Å². The van der Waals surface area contributed by atoms with Crippen molar-refractivity contribution in [1.82, 2.24) is 0 Å². The molecule has 1 unspecified atom stereocenters. The predicted octanol–water partition coefficient (Wildman–Crippen LogP) is 5.45. The first kappa shape index (κ1) is 18.9. The molecule has 0 spiro atoms. The van der Waals surface area contributed by atoms with E-state index in [1.807, 2.05) is 19.1 Å². The predicted molar refractivity (Wildman–Crippen MR) is 111 cm³/mol. The van der Waals surface area contributed by atoms with Gasteiger partial charge in [-0.05, 0) is 55.3 Å². The number of carbonyl (C=O) groups is 1. The Morgan fingerprint density at radius 1 is 1.23 bits per heavy atom. The summed E-state index contributed by atoms with van der Waals surface area (Å²) in [6.45, 7) is 6.00. The zero-order chi connectivity index (χ0) is 19.1. The third-order valence-electron chi connectivity index (χ3n) is 4.24. The SMILES string of the molecule is C=C(Nc1ccc(N)cc1C)c1cc(NC(=O)C2CC2(Cl)Cl)ccc1Cl. The number of carbonyl (C=O) groups excluding carboxylic acids is 1. The molecule has 136 valence electrons. The maximum atomic E-state index is 12.2. The maximum Gasteiger partial charge on any atom is 0.230 e. The van der Waals surface area contributed by atoms with Crippen LogP contribution < -0.4 is 16.4 Å². The molecule has 2 aromatic carbocycles. The first-order valence-electron chi connectivity index (χ1n) is 7.98. The second-order valence-corrected chi connectivity index (χ2v) is 8.33.